The van der Waals surface area contributed by atoms with Crippen molar-refractivity contribution in [3.8, 4) is 0 Å². The molecule has 1 unspecified atom stereocenters. The number of hydrogen-bond acceptors (Lipinski definition) is 3. The molecule has 1 atom stereocenters. The van der Waals surface area contributed by atoms with Crippen molar-refractivity contribution in [2.24, 2.45) is 0 Å². The fraction of sp³-hybridized carbons (Fsp3) is 0.750. The van der Waals surface area contributed by atoms with Gasteiger partial charge in [0, 0.05) is 18.3 Å². The minimum Gasteiger partial charge on any atom is -0.392 e. The largest absolute Gasteiger partial charge is 0.392 e. The lowest BCUT2D eigenvalue weighted by Crippen LogP contribution is -2.41. The van der Waals surface area contributed by atoms with Crippen LogP contribution in [0, 0.1) is 6.92 Å². The highest BCUT2D eigenvalue weighted by Gasteiger charge is 2.26. The van der Waals surface area contributed by atoms with Crippen LogP contribution in [-0.4, -0.2) is 44.4 Å². The molecule has 118 valence electrons. The van der Waals surface area contributed by atoms with Crippen molar-refractivity contribution < 1.29 is 9.90 Å². The van der Waals surface area contributed by atoms with Crippen LogP contribution in [0.3, 0.4) is 0 Å². The highest BCUT2D eigenvalue weighted by atomic mass is 16.3. The summed E-state index contributed by atoms with van der Waals surface area (Å²) in [5.74, 6) is -0.0346. The van der Waals surface area contributed by atoms with Crippen LogP contribution in [0.4, 0.5) is 0 Å². The highest BCUT2D eigenvalue weighted by molar-refractivity contribution is 5.95. The number of rotatable bonds is 5. The van der Waals surface area contributed by atoms with Gasteiger partial charge in [-0.05, 0) is 40.5 Å². The summed E-state index contributed by atoms with van der Waals surface area (Å²) in [6.45, 7) is 7.97. The van der Waals surface area contributed by atoms with Crippen molar-refractivity contribution in [2.75, 3.05) is 6.54 Å². The van der Waals surface area contributed by atoms with Gasteiger partial charge in [-0.25, -0.2) is 0 Å². The Morgan fingerprint density at radius 1 is 1.43 bits per heavy atom. The third-order valence-corrected chi connectivity index (χ3v) is 4.29. The Morgan fingerprint density at radius 2 is 2.05 bits per heavy atom. The van der Waals surface area contributed by atoms with E-state index in [2.05, 4.69) is 5.10 Å². The molecule has 5 nitrogen and oxygen atoms in total. The zero-order chi connectivity index (χ0) is 15.6. The monoisotopic (exact) mass is 293 g/mol. The van der Waals surface area contributed by atoms with Crippen molar-refractivity contribution in [3.05, 3.63) is 17.5 Å². The van der Waals surface area contributed by atoms with Crippen LogP contribution in [0.25, 0.3) is 0 Å². The molecule has 5 heteroatoms. The molecule has 1 aliphatic carbocycles. The van der Waals surface area contributed by atoms with E-state index in [1.54, 1.807) is 18.0 Å². The van der Waals surface area contributed by atoms with Crippen LogP contribution in [0.5, 0.6) is 0 Å². The van der Waals surface area contributed by atoms with Gasteiger partial charge < -0.3 is 10.0 Å². The van der Waals surface area contributed by atoms with E-state index in [0.717, 1.165) is 18.5 Å². The standard InChI is InChI=1S/C16H27N3O2/c1-11(2)18(10-12(3)20)16(21)15-9-17-19(13(15)4)14-7-5-6-8-14/h9,11-12,14,20H,5-8,10H2,1-4H3. The lowest BCUT2D eigenvalue weighted by molar-refractivity contribution is 0.0578. The van der Waals surface area contributed by atoms with Gasteiger partial charge in [0.05, 0.1) is 23.9 Å². The molecule has 0 aliphatic heterocycles. The molecule has 1 N–H and O–H groups in total. The zero-order valence-corrected chi connectivity index (χ0v) is 13.5. The molecule has 1 aromatic heterocycles. The normalized spacial score (nSPS) is 17.4. The van der Waals surface area contributed by atoms with Crippen LogP contribution in [0.1, 0.15) is 68.5 Å². The van der Waals surface area contributed by atoms with Crippen LogP contribution < -0.4 is 0 Å². The smallest absolute Gasteiger partial charge is 0.257 e. The van der Waals surface area contributed by atoms with Crippen molar-refractivity contribution >= 4 is 5.91 Å². The summed E-state index contributed by atoms with van der Waals surface area (Å²) in [5, 5.41) is 14.0. The second-order valence-corrected chi connectivity index (χ2v) is 6.43. The van der Waals surface area contributed by atoms with Crippen molar-refractivity contribution in [1.29, 1.82) is 0 Å². The zero-order valence-electron chi connectivity index (χ0n) is 13.5. The number of amides is 1. The first kappa shape index (κ1) is 16.0. The van der Waals surface area contributed by atoms with Gasteiger partial charge in [-0.3, -0.25) is 9.48 Å². The first-order valence-electron chi connectivity index (χ1n) is 7.95. The van der Waals surface area contributed by atoms with E-state index in [1.165, 1.54) is 12.8 Å². The maximum Gasteiger partial charge on any atom is 0.257 e. The topological polar surface area (TPSA) is 58.4 Å². The molecule has 21 heavy (non-hydrogen) atoms. The van der Waals surface area contributed by atoms with Crippen molar-refractivity contribution in [1.82, 2.24) is 14.7 Å². The van der Waals surface area contributed by atoms with Gasteiger partial charge in [-0.15, -0.1) is 0 Å². The van der Waals surface area contributed by atoms with Gasteiger partial charge in [0.2, 0.25) is 0 Å². The van der Waals surface area contributed by atoms with E-state index >= 15 is 0 Å². The summed E-state index contributed by atoms with van der Waals surface area (Å²) in [7, 11) is 0. The predicted octanol–water partition coefficient (Wildman–Crippen LogP) is 2.54. The number of aliphatic hydroxyl groups is 1. The molecular formula is C16H27N3O2. The van der Waals surface area contributed by atoms with Gasteiger partial charge in [-0.2, -0.15) is 5.10 Å². The number of aromatic nitrogens is 2. The lowest BCUT2D eigenvalue weighted by atomic mass is 10.1. The Balaban J connectivity index is 2.21. The second kappa shape index (κ2) is 6.60. The maximum absolute atomic E-state index is 12.7. The summed E-state index contributed by atoms with van der Waals surface area (Å²) < 4.78 is 2.01. The van der Waals surface area contributed by atoms with Gasteiger partial charge in [0.1, 0.15) is 0 Å². The molecule has 0 bridgehead atoms. The predicted molar refractivity (Wildman–Crippen MR) is 82.3 cm³/mol. The second-order valence-electron chi connectivity index (χ2n) is 6.43. The lowest BCUT2D eigenvalue weighted by Gasteiger charge is -2.28. The number of carbonyl (C=O) groups is 1. The average Bonchev–Trinajstić information content (AvgIpc) is 3.03. The van der Waals surface area contributed by atoms with Crippen LogP contribution in [-0.2, 0) is 0 Å². The van der Waals surface area contributed by atoms with E-state index in [1.807, 2.05) is 25.5 Å². The molecule has 1 saturated carbocycles. The maximum atomic E-state index is 12.7. The number of nitrogens with zero attached hydrogens (tertiary/aromatic N) is 3. The Hall–Kier alpha value is -1.36. The summed E-state index contributed by atoms with van der Waals surface area (Å²) in [5.41, 5.74) is 1.61. The van der Waals surface area contributed by atoms with Gasteiger partial charge in [0.25, 0.3) is 5.91 Å². The fourth-order valence-electron chi connectivity index (χ4n) is 3.12. The average molecular weight is 293 g/mol. The fourth-order valence-corrected chi connectivity index (χ4v) is 3.12. The molecule has 1 aliphatic rings. The summed E-state index contributed by atoms with van der Waals surface area (Å²) in [4.78, 5) is 14.4. The molecule has 1 fully saturated rings. The molecule has 1 amide bonds. The minimum atomic E-state index is -0.526. The SMILES string of the molecule is Cc1c(C(=O)N(CC(C)O)C(C)C)cnn1C1CCCC1. The van der Waals surface area contributed by atoms with E-state index in [-0.39, 0.29) is 11.9 Å². The molecule has 2 rings (SSSR count). The van der Waals surface area contributed by atoms with Crippen LogP contribution in [0.2, 0.25) is 0 Å². The Morgan fingerprint density at radius 3 is 2.57 bits per heavy atom. The van der Waals surface area contributed by atoms with Gasteiger partial charge in [0.15, 0.2) is 0 Å². The van der Waals surface area contributed by atoms with E-state index in [4.69, 9.17) is 0 Å². The van der Waals surface area contributed by atoms with Crippen LogP contribution in [0.15, 0.2) is 6.20 Å². The molecule has 0 spiro atoms. The minimum absolute atomic E-state index is 0.0346. The van der Waals surface area contributed by atoms with Crippen LogP contribution >= 0.6 is 0 Å². The third-order valence-electron chi connectivity index (χ3n) is 4.29. The Labute approximate surface area is 126 Å². The quantitative estimate of drug-likeness (QED) is 0.907. The van der Waals surface area contributed by atoms with E-state index in [0.29, 0.717) is 18.2 Å². The number of aliphatic hydroxyl groups excluding tert-OH is 1. The Kier molecular flexibility index (Phi) is 5.04. The highest BCUT2D eigenvalue weighted by Crippen LogP contribution is 2.30. The van der Waals surface area contributed by atoms with E-state index < -0.39 is 6.10 Å². The number of carbonyl (C=O) groups excluding carboxylic acids is 1. The summed E-state index contributed by atoms with van der Waals surface area (Å²) in [6, 6.07) is 0.497. The molecule has 0 aromatic carbocycles. The molecule has 0 radical (unpaired) electrons. The number of hydrogen-bond donors (Lipinski definition) is 1. The first-order chi connectivity index (χ1) is 9.91. The molecule has 1 aromatic rings. The van der Waals surface area contributed by atoms with E-state index in [9.17, 15) is 9.90 Å². The third kappa shape index (κ3) is 3.46. The first-order valence-corrected chi connectivity index (χ1v) is 7.95. The summed E-state index contributed by atoms with van der Waals surface area (Å²) >= 11 is 0. The Bertz CT molecular complexity index is 488. The molecular weight excluding hydrogens is 266 g/mol. The molecule has 1 heterocycles. The van der Waals surface area contributed by atoms with Gasteiger partial charge in [-0.1, -0.05) is 12.8 Å². The van der Waals surface area contributed by atoms with Crippen molar-refractivity contribution in [2.45, 2.75) is 71.6 Å². The summed E-state index contributed by atoms with van der Waals surface area (Å²) in [6.07, 6.45) is 5.95. The van der Waals surface area contributed by atoms with Gasteiger partial charge >= 0.3 is 0 Å². The van der Waals surface area contributed by atoms with Crippen molar-refractivity contribution in [3.63, 3.8) is 0 Å². The molecule has 0 saturated heterocycles.